The molecule has 1 N–H and O–H groups in total. The Morgan fingerprint density at radius 3 is 2.87 bits per heavy atom. The molecule has 15 heavy (non-hydrogen) atoms. The lowest BCUT2D eigenvalue weighted by molar-refractivity contribution is 0.190. The van der Waals surface area contributed by atoms with Gasteiger partial charge in [-0.05, 0) is 25.7 Å². The number of nitrogens with zero attached hydrogens (tertiary/aromatic N) is 1. The molecule has 82 valence electrons. The summed E-state index contributed by atoms with van der Waals surface area (Å²) in [6.45, 7) is 0. The number of aromatic nitrogens is 2. The van der Waals surface area contributed by atoms with Gasteiger partial charge in [0.15, 0.2) is 0 Å². The fraction of sp³-hybridized carbons (Fsp3) is 0.600. The molecule has 5 nitrogen and oxygen atoms in total. The van der Waals surface area contributed by atoms with E-state index in [1.807, 2.05) is 0 Å². The van der Waals surface area contributed by atoms with Gasteiger partial charge in [-0.1, -0.05) is 0 Å². The van der Waals surface area contributed by atoms with Crippen molar-refractivity contribution in [3.05, 3.63) is 16.7 Å². The molecular formula is C10H14N2O3. The normalized spacial score (nSPS) is 16.6. The fourth-order valence-electron chi connectivity index (χ4n) is 1.80. The van der Waals surface area contributed by atoms with Crippen molar-refractivity contribution >= 4 is 0 Å². The van der Waals surface area contributed by atoms with Crippen LogP contribution in [0.25, 0.3) is 0 Å². The number of nitrogens with one attached hydrogen (secondary N) is 1. The first-order chi connectivity index (χ1) is 7.31. The zero-order valence-corrected chi connectivity index (χ0v) is 8.66. The first kappa shape index (κ1) is 10.0. The summed E-state index contributed by atoms with van der Waals surface area (Å²) >= 11 is 0. The number of H-pyrrole nitrogens is 1. The molecule has 1 heterocycles. The van der Waals surface area contributed by atoms with Crippen molar-refractivity contribution in [2.75, 3.05) is 7.11 Å². The Morgan fingerprint density at radius 1 is 1.47 bits per heavy atom. The number of methoxy groups -OCH3 is 1. The maximum absolute atomic E-state index is 11.3. The average molecular weight is 210 g/mol. The van der Waals surface area contributed by atoms with Crippen LogP contribution in [0.15, 0.2) is 11.1 Å². The van der Waals surface area contributed by atoms with Crippen LogP contribution in [0, 0.1) is 0 Å². The smallest absolute Gasteiger partial charge is 0.297 e. The predicted molar refractivity (Wildman–Crippen MR) is 54.3 cm³/mol. The van der Waals surface area contributed by atoms with Crippen LogP contribution >= 0.6 is 0 Å². The minimum atomic E-state index is -0.305. The quantitative estimate of drug-likeness (QED) is 0.811. The third-order valence-corrected chi connectivity index (χ3v) is 2.56. The minimum absolute atomic E-state index is 0.157. The third-order valence-electron chi connectivity index (χ3n) is 2.56. The lowest BCUT2D eigenvalue weighted by Crippen LogP contribution is -2.17. The van der Waals surface area contributed by atoms with E-state index in [1.165, 1.54) is 26.3 Å². The summed E-state index contributed by atoms with van der Waals surface area (Å²) in [5.74, 6) is 0.456. The van der Waals surface area contributed by atoms with Crippen molar-refractivity contribution < 1.29 is 9.47 Å². The van der Waals surface area contributed by atoms with Gasteiger partial charge in [0.05, 0.1) is 13.4 Å². The molecule has 1 aliphatic carbocycles. The number of ether oxygens (including phenoxy) is 2. The van der Waals surface area contributed by atoms with Crippen LogP contribution in [0.2, 0.25) is 0 Å². The molecule has 0 aromatic carbocycles. The van der Waals surface area contributed by atoms with E-state index < -0.39 is 0 Å². The molecule has 2 rings (SSSR count). The van der Waals surface area contributed by atoms with Crippen LogP contribution in [-0.4, -0.2) is 23.2 Å². The van der Waals surface area contributed by atoms with Gasteiger partial charge in [0.2, 0.25) is 5.75 Å². The number of rotatable bonds is 3. The van der Waals surface area contributed by atoms with Crippen LogP contribution in [0.5, 0.6) is 11.6 Å². The maximum atomic E-state index is 11.3. The third kappa shape index (κ3) is 2.11. The van der Waals surface area contributed by atoms with E-state index >= 15 is 0 Å². The van der Waals surface area contributed by atoms with Crippen LogP contribution in [0.4, 0.5) is 0 Å². The minimum Gasteiger partial charge on any atom is -0.487 e. The molecule has 0 bridgehead atoms. The molecule has 0 spiro atoms. The average Bonchev–Trinajstić information content (AvgIpc) is 2.71. The molecule has 0 aliphatic heterocycles. The summed E-state index contributed by atoms with van der Waals surface area (Å²) in [5.41, 5.74) is -0.305. The lowest BCUT2D eigenvalue weighted by atomic mass is 10.3. The molecule has 1 aromatic heterocycles. The number of hydrogen-bond donors (Lipinski definition) is 1. The highest BCUT2D eigenvalue weighted by atomic mass is 16.5. The Hall–Kier alpha value is -1.52. The molecule has 0 saturated heterocycles. The van der Waals surface area contributed by atoms with E-state index in [4.69, 9.17) is 9.47 Å². The monoisotopic (exact) mass is 210 g/mol. The Morgan fingerprint density at radius 2 is 2.20 bits per heavy atom. The molecule has 5 heteroatoms. The van der Waals surface area contributed by atoms with Crippen molar-refractivity contribution in [2.45, 2.75) is 31.8 Å². The van der Waals surface area contributed by atoms with E-state index in [0.29, 0.717) is 5.88 Å². The van der Waals surface area contributed by atoms with Gasteiger partial charge in [0.25, 0.3) is 11.4 Å². The summed E-state index contributed by atoms with van der Waals surface area (Å²) in [6.07, 6.45) is 5.91. The van der Waals surface area contributed by atoms with Crippen LogP contribution in [-0.2, 0) is 0 Å². The van der Waals surface area contributed by atoms with Crippen LogP contribution in [0.1, 0.15) is 25.7 Å². The van der Waals surface area contributed by atoms with Crippen LogP contribution in [0.3, 0.4) is 0 Å². The standard InChI is InChI=1S/C10H14N2O3/c1-14-8-9(13)11-6-12-10(8)15-7-4-2-3-5-7/h6-7H,2-5H2,1H3,(H,11,12,13). The second kappa shape index (κ2) is 4.33. The Labute approximate surface area is 87.4 Å². The zero-order chi connectivity index (χ0) is 10.7. The van der Waals surface area contributed by atoms with Gasteiger partial charge in [0, 0.05) is 0 Å². The van der Waals surface area contributed by atoms with E-state index in [1.54, 1.807) is 0 Å². The number of aromatic amines is 1. The van der Waals surface area contributed by atoms with E-state index in [9.17, 15) is 4.79 Å². The Kier molecular flexibility index (Phi) is 2.89. The van der Waals surface area contributed by atoms with Gasteiger partial charge in [-0.15, -0.1) is 0 Å². The van der Waals surface area contributed by atoms with Gasteiger partial charge >= 0.3 is 0 Å². The number of hydrogen-bond acceptors (Lipinski definition) is 4. The predicted octanol–water partition coefficient (Wildman–Crippen LogP) is 1.10. The lowest BCUT2D eigenvalue weighted by Gasteiger charge is -2.13. The molecule has 1 saturated carbocycles. The molecule has 1 aliphatic rings. The van der Waals surface area contributed by atoms with Crippen molar-refractivity contribution in [3.63, 3.8) is 0 Å². The molecular weight excluding hydrogens is 196 g/mol. The summed E-state index contributed by atoms with van der Waals surface area (Å²) in [7, 11) is 1.44. The fourth-order valence-corrected chi connectivity index (χ4v) is 1.80. The first-order valence-corrected chi connectivity index (χ1v) is 5.09. The second-order valence-electron chi connectivity index (χ2n) is 3.59. The Balaban J connectivity index is 2.19. The largest absolute Gasteiger partial charge is 0.487 e. The SMILES string of the molecule is COc1c(OC2CCCC2)nc[nH]c1=O. The van der Waals surface area contributed by atoms with Crippen molar-refractivity contribution in [2.24, 2.45) is 0 Å². The van der Waals surface area contributed by atoms with E-state index in [2.05, 4.69) is 9.97 Å². The summed E-state index contributed by atoms with van der Waals surface area (Å²) in [5, 5.41) is 0. The zero-order valence-electron chi connectivity index (χ0n) is 8.66. The molecule has 1 fully saturated rings. The van der Waals surface area contributed by atoms with Gasteiger partial charge in [-0.25, -0.2) is 4.98 Å². The van der Waals surface area contributed by atoms with Gasteiger partial charge in [-0.3, -0.25) is 4.79 Å². The summed E-state index contributed by atoms with van der Waals surface area (Å²) < 4.78 is 10.6. The molecule has 0 unspecified atom stereocenters. The van der Waals surface area contributed by atoms with Crippen molar-refractivity contribution in [1.82, 2.24) is 9.97 Å². The highest BCUT2D eigenvalue weighted by Gasteiger charge is 2.20. The topological polar surface area (TPSA) is 64.2 Å². The van der Waals surface area contributed by atoms with E-state index in [-0.39, 0.29) is 17.4 Å². The molecule has 1 aromatic rings. The highest BCUT2D eigenvalue weighted by molar-refractivity contribution is 5.29. The van der Waals surface area contributed by atoms with Gasteiger partial charge in [-0.2, -0.15) is 0 Å². The second-order valence-corrected chi connectivity index (χ2v) is 3.59. The molecule has 0 radical (unpaired) electrons. The van der Waals surface area contributed by atoms with E-state index in [0.717, 1.165) is 12.8 Å². The van der Waals surface area contributed by atoms with Gasteiger partial charge < -0.3 is 14.5 Å². The molecule has 0 atom stereocenters. The highest BCUT2D eigenvalue weighted by Crippen LogP contribution is 2.26. The van der Waals surface area contributed by atoms with Gasteiger partial charge in [0.1, 0.15) is 6.10 Å². The molecule has 0 amide bonds. The van der Waals surface area contributed by atoms with Crippen molar-refractivity contribution in [3.8, 4) is 11.6 Å². The van der Waals surface area contributed by atoms with Crippen LogP contribution < -0.4 is 15.0 Å². The van der Waals surface area contributed by atoms with Crippen molar-refractivity contribution in [1.29, 1.82) is 0 Å². The first-order valence-electron chi connectivity index (χ1n) is 5.09. The maximum Gasteiger partial charge on any atom is 0.297 e. The Bertz CT molecular complexity index is 382. The summed E-state index contributed by atoms with van der Waals surface area (Å²) in [4.78, 5) is 17.8. The summed E-state index contributed by atoms with van der Waals surface area (Å²) in [6, 6.07) is 0.